The first-order valence-corrected chi connectivity index (χ1v) is 6.39. The summed E-state index contributed by atoms with van der Waals surface area (Å²) >= 11 is 1.62. The van der Waals surface area contributed by atoms with Crippen molar-refractivity contribution in [3.05, 3.63) is 0 Å². The first kappa shape index (κ1) is 12.4. The first-order valence-electron chi connectivity index (χ1n) is 5.24. The summed E-state index contributed by atoms with van der Waals surface area (Å²) in [6.45, 7) is 0. The molecule has 0 aromatic heterocycles. The van der Waals surface area contributed by atoms with Crippen LogP contribution in [0.2, 0.25) is 0 Å². The van der Waals surface area contributed by atoms with E-state index >= 15 is 0 Å². The number of carboxylic acids is 1. The van der Waals surface area contributed by atoms with Gasteiger partial charge in [-0.3, -0.25) is 4.79 Å². The molecular weight excluding hydrogens is 214 g/mol. The minimum atomic E-state index is -0.957. The van der Waals surface area contributed by atoms with Crippen LogP contribution in [-0.4, -0.2) is 35.0 Å². The molecule has 1 rings (SSSR count). The summed E-state index contributed by atoms with van der Waals surface area (Å²) in [5.74, 6) is 1.27. The Bertz CT molecular complexity index is 217. The third-order valence-corrected chi connectivity index (χ3v) is 3.96. The van der Waals surface area contributed by atoms with Crippen LogP contribution in [0.3, 0.4) is 0 Å². The molecule has 1 saturated carbocycles. The second kappa shape index (κ2) is 6.71. The zero-order valence-corrected chi connectivity index (χ0v) is 9.46. The van der Waals surface area contributed by atoms with Gasteiger partial charge in [0, 0.05) is 5.75 Å². The van der Waals surface area contributed by atoms with Gasteiger partial charge < -0.3 is 10.4 Å². The van der Waals surface area contributed by atoms with E-state index in [-0.39, 0.29) is 0 Å². The summed E-state index contributed by atoms with van der Waals surface area (Å²) < 4.78 is 0. The van der Waals surface area contributed by atoms with E-state index in [0.29, 0.717) is 12.2 Å². The molecule has 0 heterocycles. The summed E-state index contributed by atoms with van der Waals surface area (Å²) in [6.07, 6.45) is 5.60. The normalized spacial score (nSPS) is 18.7. The van der Waals surface area contributed by atoms with Crippen LogP contribution in [0, 0.1) is 5.92 Å². The van der Waals surface area contributed by atoms with Crippen LogP contribution >= 0.6 is 11.8 Å². The number of hydrogen-bond donors (Lipinski definition) is 2. The van der Waals surface area contributed by atoms with E-state index < -0.39 is 12.0 Å². The summed E-state index contributed by atoms with van der Waals surface area (Å²) in [5, 5.41) is 11.1. The Morgan fingerprint density at radius 3 is 2.73 bits per heavy atom. The molecule has 1 aliphatic rings. The highest BCUT2D eigenvalue weighted by molar-refractivity contribution is 7.99. The lowest BCUT2D eigenvalue weighted by Crippen LogP contribution is -2.38. The molecule has 5 heteroatoms. The smallest absolute Gasteiger partial charge is 0.327 e. The third kappa shape index (κ3) is 4.55. The van der Waals surface area contributed by atoms with Crippen LogP contribution in [0.1, 0.15) is 25.7 Å². The molecule has 0 radical (unpaired) electrons. The van der Waals surface area contributed by atoms with Gasteiger partial charge in [-0.2, -0.15) is 11.8 Å². The molecule has 4 nitrogen and oxygen atoms in total. The van der Waals surface area contributed by atoms with Crippen LogP contribution in [0.5, 0.6) is 0 Å². The second-order valence-corrected chi connectivity index (χ2v) is 4.94. The zero-order chi connectivity index (χ0) is 11.1. The summed E-state index contributed by atoms with van der Waals surface area (Å²) in [7, 11) is 0. The van der Waals surface area contributed by atoms with Gasteiger partial charge in [0.25, 0.3) is 0 Å². The molecule has 1 unspecified atom stereocenters. The number of carbonyl (C=O) groups is 2. The Morgan fingerprint density at radius 1 is 1.53 bits per heavy atom. The van der Waals surface area contributed by atoms with E-state index in [9.17, 15) is 9.59 Å². The van der Waals surface area contributed by atoms with Gasteiger partial charge in [0.05, 0.1) is 0 Å². The molecule has 0 aliphatic heterocycles. The Kier molecular flexibility index (Phi) is 5.53. The van der Waals surface area contributed by atoms with Crippen molar-refractivity contribution in [3.63, 3.8) is 0 Å². The van der Waals surface area contributed by atoms with E-state index in [1.165, 1.54) is 25.7 Å². The Labute approximate surface area is 93.8 Å². The molecule has 0 aromatic carbocycles. The molecule has 0 spiro atoms. The van der Waals surface area contributed by atoms with Crippen LogP contribution in [0.4, 0.5) is 0 Å². The van der Waals surface area contributed by atoms with Gasteiger partial charge in [-0.1, -0.05) is 12.8 Å². The number of aliphatic carboxylic acids is 1. The molecule has 1 aliphatic carbocycles. The predicted octanol–water partition coefficient (Wildman–Crippen LogP) is 1.11. The fraction of sp³-hybridized carbons (Fsp3) is 0.800. The molecule has 86 valence electrons. The van der Waals surface area contributed by atoms with Crippen molar-refractivity contribution in [3.8, 4) is 0 Å². The topological polar surface area (TPSA) is 66.4 Å². The number of hydrogen-bond acceptors (Lipinski definition) is 3. The lowest BCUT2D eigenvalue weighted by molar-refractivity contribution is -0.139. The van der Waals surface area contributed by atoms with Gasteiger partial charge in [-0.15, -0.1) is 0 Å². The van der Waals surface area contributed by atoms with Crippen molar-refractivity contribution in [1.82, 2.24) is 5.32 Å². The fourth-order valence-electron chi connectivity index (χ4n) is 1.80. The maximum absolute atomic E-state index is 10.7. The van der Waals surface area contributed by atoms with E-state index in [1.54, 1.807) is 11.8 Å². The zero-order valence-electron chi connectivity index (χ0n) is 8.65. The minimum Gasteiger partial charge on any atom is -0.480 e. The van der Waals surface area contributed by atoms with Crippen LogP contribution < -0.4 is 5.32 Å². The molecule has 0 bridgehead atoms. The maximum atomic E-state index is 10.7. The number of carboxylic acid groups (broad SMARTS) is 1. The summed E-state index contributed by atoms with van der Waals surface area (Å²) in [5.41, 5.74) is 0. The second-order valence-electron chi connectivity index (χ2n) is 3.86. The van der Waals surface area contributed by atoms with Crippen molar-refractivity contribution in [2.45, 2.75) is 31.7 Å². The number of amides is 1. The van der Waals surface area contributed by atoms with Gasteiger partial charge in [-0.05, 0) is 24.5 Å². The Morgan fingerprint density at radius 2 is 2.20 bits per heavy atom. The highest BCUT2D eigenvalue weighted by atomic mass is 32.2. The Balaban J connectivity index is 2.15. The van der Waals surface area contributed by atoms with E-state index in [0.717, 1.165) is 11.7 Å². The van der Waals surface area contributed by atoms with Crippen molar-refractivity contribution >= 4 is 24.1 Å². The van der Waals surface area contributed by atoms with Gasteiger partial charge in [0.1, 0.15) is 6.04 Å². The van der Waals surface area contributed by atoms with Crippen molar-refractivity contribution in [1.29, 1.82) is 0 Å². The standard InChI is InChI=1S/C10H17NO3S/c12-7-11-9(10(13)14)6-15-5-8-3-1-2-4-8/h7-9H,1-6H2,(H,11,12)(H,13,14). The number of carbonyl (C=O) groups excluding carboxylic acids is 1. The molecule has 1 amide bonds. The summed E-state index contributed by atoms with van der Waals surface area (Å²) in [6, 6.07) is -0.742. The molecule has 0 saturated heterocycles. The third-order valence-electron chi connectivity index (χ3n) is 2.68. The molecule has 2 N–H and O–H groups in total. The molecule has 1 fully saturated rings. The molecule has 15 heavy (non-hydrogen) atoms. The summed E-state index contributed by atoms with van der Waals surface area (Å²) in [4.78, 5) is 20.8. The van der Waals surface area contributed by atoms with Gasteiger partial charge in [-0.25, -0.2) is 4.79 Å². The molecule has 1 atom stereocenters. The van der Waals surface area contributed by atoms with Crippen molar-refractivity contribution in [2.75, 3.05) is 11.5 Å². The Hall–Kier alpha value is -0.710. The quantitative estimate of drug-likeness (QED) is 0.644. The van der Waals surface area contributed by atoms with Gasteiger partial charge in [0.15, 0.2) is 0 Å². The average Bonchev–Trinajstić information content (AvgIpc) is 2.69. The van der Waals surface area contributed by atoms with Gasteiger partial charge in [0.2, 0.25) is 6.41 Å². The fourth-order valence-corrected chi connectivity index (χ4v) is 3.08. The monoisotopic (exact) mass is 231 g/mol. The lowest BCUT2D eigenvalue weighted by atomic mass is 10.1. The van der Waals surface area contributed by atoms with E-state index in [1.807, 2.05) is 0 Å². The lowest BCUT2D eigenvalue weighted by Gasteiger charge is -2.12. The van der Waals surface area contributed by atoms with Crippen LogP contribution in [0.15, 0.2) is 0 Å². The average molecular weight is 231 g/mol. The highest BCUT2D eigenvalue weighted by Crippen LogP contribution is 2.27. The number of rotatable bonds is 7. The molecular formula is C10H17NO3S. The van der Waals surface area contributed by atoms with Crippen molar-refractivity contribution in [2.24, 2.45) is 5.92 Å². The first-order chi connectivity index (χ1) is 7.24. The van der Waals surface area contributed by atoms with Crippen LogP contribution in [0.25, 0.3) is 0 Å². The SMILES string of the molecule is O=CNC(CSCC1CCCC1)C(=O)O. The highest BCUT2D eigenvalue weighted by Gasteiger charge is 2.19. The van der Waals surface area contributed by atoms with Crippen LogP contribution in [-0.2, 0) is 9.59 Å². The van der Waals surface area contributed by atoms with Crippen molar-refractivity contribution < 1.29 is 14.7 Å². The molecule has 0 aromatic rings. The maximum Gasteiger partial charge on any atom is 0.327 e. The largest absolute Gasteiger partial charge is 0.480 e. The van der Waals surface area contributed by atoms with E-state index in [2.05, 4.69) is 5.32 Å². The van der Waals surface area contributed by atoms with E-state index in [4.69, 9.17) is 5.11 Å². The minimum absolute atomic E-state index is 0.453. The number of nitrogens with one attached hydrogen (secondary N) is 1. The predicted molar refractivity (Wildman–Crippen MR) is 59.9 cm³/mol. The van der Waals surface area contributed by atoms with Gasteiger partial charge >= 0.3 is 5.97 Å². The number of thioether (sulfide) groups is 1.